The van der Waals surface area contributed by atoms with Crippen LogP contribution in [-0.4, -0.2) is 21.7 Å². The van der Waals surface area contributed by atoms with E-state index in [9.17, 15) is 9.90 Å². The molecule has 0 saturated heterocycles. The van der Waals surface area contributed by atoms with Gasteiger partial charge in [-0.15, -0.1) is 0 Å². The first-order valence-electron chi connectivity index (χ1n) is 15.0. The summed E-state index contributed by atoms with van der Waals surface area (Å²) in [5.74, 6) is 2.13. The lowest BCUT2D eigenvalue weighted by Gasteiger charge is -2.62. The largest absolute Gasteiger partial charge is 0.393 e. The fraction of sp³-hybridized carbons (Fsp3) is 0.667. The Labute approximate surface area is 222 Å². The molecule has 4 nitrogen and oxygen atoms in total. The van der Waals surface area contributed by atoms with Crippen LogP contribution in [0.25, 0.3) is 10.9 Å². The average molecular weight is 503 g/mol. The van der Waals surface area contributed by atoms with Crippen LogP contribution < -0.4 is 5.32 Å². The van der Waals surface area contributed by atoms with Crippen molar-refractivity contribution < 1.29 is 9.90 Å². The summed E-state index contributed by atoms with van der Waals surface area (Å²) in [5, 5.41) is 15.2. The zero-order valence-electron chi connectivity index (χ0n) is 23.4. The molecular weight excluding hydrogens is 456 g/mol. The number of amides is 1. The quantitative estimate of drug-likeness (QED) is 0.393. The van der Waals surface area contributed by atoms with Crippen LogP contribution in [0.4, 0.5) is 5.69 Å². The Bertz CT molecular complexity index is 1220. The second-order valence-corrected chi connectivity index (χ2v) is 13.7. The maximum Gasteiger partial charge on any atom is 0.224 e. The van der Waals surface area contributed by atoms with Gasteiger partial charge in [0, 0.05) is 35.2 Å². The lowest BCUT2D eigenvalue weighted by atomic mass is 9.43. The zero-order chi connectivity index (χ0) is 25.9. The van der Waals surface area contributed by atoms with Gasteiger partial charge >= 0.3 is 0 Å². The van der Waals surface area contributed by atoms with Gasteiger partial charge in [0.2, 0.25) is 5.91 Å². The fourth-order valence-corrected chi connectivity index (χ4v) is 9.00. The Morgan fingerprint density at radius 2 is 1.89 bits per heavy atom. The predicted octanol–water partition coefficient (Wildman–Crippen LogP) is 8.02. The van der Waals surface area contributed by atoms with E-state index in [0.29, 0.717) is 29.7 Å². The van der Waals surface area contributed by atoms with Crippen LogP contribution >= 0.6 is 0 Å². The second kappa shape index (κ2) is 9.29. The fourth-order valence-electron chi connectivity index (χ4n) is 9.00. The lowest BCUT2D eigenvalue weighted by molar-refractivity contribution is -0.149. The molecule has 3 fully saturated rings. The summed E-state index contributed by atoms with van der Waals surface area (Å²) < 4.78 is 2.37. The van der Waals surface area contributed by atoms with E-state index in [-0.39, 0.29) is 17.4 Å². The van der Waals surface area contributed by atoms with Crippen LogP contribution in [0.2, 0.25) is 0 Å². The van der Waals surface area contributed by atoms with E-state index in [2.05, 4.69) is 68.0 Å². The molecule has 1 heterocycles. The third kappa shape index (κ3) is 4.37. The molecule has 0 radical (unpaired) electrons. The second-order valence-electron chi connectivity index (χ2n) is 13.7. The van der Waals surface area contributed by atoms with E-state index in [1.807, 2.05) is 0 Å². The molecule has 0 bridgehead atoms. The predicted molar refractivity (Wildman–Crippen MR) is 151 cm³/mol. The summed E-state index contributed by atoms with van der Waals surface area (Å²) >= 11 is 0. The number of carbonyl (C=O) groups is 1. The van der Waals surface area contributed by atoms with E-state index < -0.39 is 0 Å². The Hall–Kier alpha value is -2.07. The van der Waals surface area contributed by atoms with Crippen LogP contribution in [0, 0.1) is 28.6 Å². The number of aromatic nitrogens is 1. The Balaban J connectivity index is 1.08. The van der Waals surface area contributed by atoms with Crippen molar-refractivity contribution in [3.63, 3.8) is 0 Å². The van der Waals surface area contributed by atoms with Crippen molar-refractivity contribution in [3.8, 4) is 0 Å². The summed E-state index contributed by atoms with van der Waals surface area (Å²) in [6, 6.07) is 9.17. The monoisotopic (exact) mass is 502 g/mol. The number of allylic oxidation sites excluding steroid dienone is 2. The molecule has 4 aliphatic carbocycles. The normalized spacial score (nSPS) is 33.2. The van der Waals surface area contributed by atoms with E-state index in [1.165, 1.54) is 49.4 Å². The molecule has 37 heavy (non-hydrogen) atoms. The lowest BCUT2D eigenvalue weighted by Crippen LogP contribution is -2.56. The minimum absolute atomic E-state index is 0.00988. The van der Waals surface area contributed by atoms with Crippen LogP contribution in [-0.2, 0) is 4.79 Å². The first-order chi connectivity index (χ1) is 17.7. The SMILES string of the molecule is CC1=C(CCCC(=O)Nc2ccc3c(ccn3C3CC3)c2)[C@@H]2CC[C@H]3C(C)(C)[C@@H](O)CC[C@]3(C)[C@H]2CC1. The zero-order valence-corrected chi connectivity index (χ0v) is 23.4. The standard InChI is InChI=1S/C33H46N2O2/c1-21-8-13-27-26(12-15-29-32(2,3)30(36)16-18-33(27,29)4)25(21)6-5-7-31(37)34-23-9-14-28-22(20-23)17-19-35(28)24-10-11-24/h9,14,17,19-20,24,26-27,29-30,36H,5-8,10-13,15-16,18H2,1-4H3,(H,34,37)/t26-,27-,29-,30-,33+/m0/s1. The number of nitrogens with zero attached hydrogens (tertiary/aromatic N) is 1. The molecule has 0 unspecified atom stereocenters. The number of benzene rings is 1. The summed E-state index contributed by atoms with van der Waals surface area (Å²) in [4.78, 5) is 12.9. The molecule has 6 rings (SSSR count). The highest BCUT2D eigenvalue weighted by molar-refractivity contribution is 5.94. The number of hydrogen-bond acceptors (Lipinski definition) is 2. The van der Waals surface area contributed by atoms with Gasteiger partial charge in [-0.05, 0) is 124 Å². The van der Waals surface area contributed by atoms with Crippen molar-refractivity contribution in [2.24, 2.45) is 28.6 Å². The highest BCUT2D eigenvalue weighted by Crippen LogP contribution is 2.64. The number of hydrogen-bond donors (Lipinski definition) is 2. The highest BCUT2D eigenvalue weighted by Gasteiger charge is 2.58. The van der Waals surface area contributed by atoms with Crippen molar-refractivity contribution >= 4 is 22.5 Å². The van der Waals surface area contributed by atoms with Crippen LogP contribution in [0.15, 0.2) is 41.6 Å². The minimum atomic E-state index is -0.167. The van der Waals surface area contributed by atoms with Crippen LogP contribution in [0.1, 0.15) is 104 Å². The molecule has 5 atom stereocenters. The molecule has 4 heteroatoms. The molecule has 0 aliphatic heterocycles. The van der Waals surface area contributed by atoms with Gasteiger partial charge in [0.05, 0.1) is 6.10 Å². The van der Waals surface area contributed by atoms with Crippen LogP contribution in [0.5, 0.6) is 0 Å². The Kier molecular flexibility index (Phi) is 6.33. The number of aliphatic hydroxyl groups is 1. The Morgan fingerprint density at radius 1 is 1.08 bits per heavy atom. The van der Waals surface area contributed by atoms with E-state index in [1.54, 1.807) is 11.1 Å². The van der Waals surface area contributed by atoms with E-state index in [0.717, 1.165) is 37.3 Å². The Morgan fingerprint density at radius 3 is 2.68 bits per heavy atom. The summed E-state index contributed by atoms with van der Waals surface area (Å²) in [5.41, 5.74) is 5.77. The van der Waals surface area contributed by atoms with Gasteiger partial charge in [0.15, 0.2) is 0 Å². The van der Waals surface area contributed by atoms with Crippen molar-refractivity contribution in [2.75, 3.05) is 5.32 Å². The molecule has 1 amide bonds. The van der Waals surface area contributed by atoms with Gasteiger partial charge in [-0.3, -0.25) is 4.79 Å². The summed E-state index contributed by atoms with van der Waals surface area (Å²) in [6.07, 6.45) is 14.2. The van der Waals surface area contributed by atoms with Crippen LogP contribution in [0.3, 0.4) is 0 Å². The molecule has 200 valence electrons. The summed E-state index contributed by atoms with van der Waals surface area (Å²) in [6.45, 7) is 9.51. The van der Waals surface area contributed by atoms with Gasteiger partial charge in [-0.2, -0.15) is 0 Å². The third-order valence-electron chi connectivity index (χ3n) is 11.2. The van der Waals surface area contributed by atoms with Crippen molar-refractivity contribution in [2.45, 2.75) is 110 Å². The molecule has 1 aromatic heterocycles. The maximum absolute atomic E-state index is 12.9. The number of anilines is 1. The number of fused-ring (bicyclic) bond motifs is 4. The molecule has 1 aromatic carbocycles. The molecule has 0 spiro atoms. The van der Waals surface area contributed by atoms with Gasteiger partial charge in [0.1, 0.15) is 0 Å². The topological polar surface area (TPSA) is 54.3 Å². The first kappa shape index (κ1) is 25.2. The van der Waals surface area contributed by atoms with Crippen molar-refractivity contribution in [1.82, 2.24) is 4.57 Å². The van der Waals surface area contributed by atoms with E-state index >= 15 is 0 Å². The van der Waals surface area contributed by atoms with Gasteiger partial charge in [0.25, 0.3) is 0 Å². The van der Waals surface area contributed by atoms with Gasteiger partial charge in [-0.1, -0.05) is 31.9 Å². The first-order valence-corrected chi connectivity index (χ1v) is 15.0. The van der Waals surface area contributed by atoms with Crippen molar-refractivity contribution in [3.05, 3.63) is 41.6 Å². The number of rotatable bonds is 6. The number of aliphatic hydroxyl groups excluding tert-OH is 1. The van der Waals surface area contributed by atoms with Gasteiger partial charge in [-0.25, -0.2) is 0 Å². The molecular formula is C33H46N2O2. The molecule has 2 aromatic rings. The van der Waals surface area contributed by atoms with Gasteiger partial charge < -0.3 is 15.0 Å². The molecule has 2 N–H and O–H groups in total. The van der Waals surface area contributed by atoms with Crippen molar-refractivity contribution in [1.29, 1.82) is 0 Å². The maximum atomic E-state index is 12.9. The number of carbonyl (C=O) groups excluding carboxylic acids is 1. The smallest absolute Gasteiger partial charge is 0.224 e. The minimum Gasteiger partial charge on any atom is -0.393 e. The third-order valence-corrected chi connectivity index (χ3v) is 11.2. The summed E-state index contributed by atoms with van der Waals surface area (Å²) in [7, 11) is 0. The average Bonchev–Trinajstić information content (AvgIpc) is 3.62. The number of nitrogens with one attached hydrogen (secondary N) is 1. The van der Waals surface area contributed by atoms with E-state index in [4.69, 9.17) is 0 Å². The highest BCUT2D eigenvalue weighted by atomic mass is 16.3. The molecule has 3 saturated carbocycles. The molecule has 4 aliphatic rings.